The van der Waals surface area contributed by atoms with Crippen LogP contribution in [0.15, 0.2) is 0 Å². The van der Waals surface area contributed by atoms with Gasteiger partial charge in [-0.2, -0.15) is 13.2 Å². The van der Waals surface area contributed by atoms with Crippen LogP contribution in [0.5, 0.6) is 0 Å². The molecule has 1 aliphatic rings. The van der Waals surface area contributed by atoms with Gasteiger partial charge >= 0.3 is 6.18 Å². The predicted molar refractivity (Wildman–Crippen MR) is 66.4 cm³/mol. The van der Waals surface area contributed by atoms with Crippen molar-refractivity contribution >= 4 is 0 Å². The van der Waals surface area contributed by atoms with E-state index in [1.54, 1.807) is 7.05 Å². The van der Waals surface area contributed by atoms with Crippen LogP contribution in [-0.2, 0) is 0 Å². The van der Waals surface area contributed by atoms with E-state index in [-0.39, 0.29) is 19.0 Å². The first kappa shape index (κ1) is 15.7. The summed E-state index contributed by atoms with van der Waals surface area (Å²) in [5.41, 5.74) is 5.30. The Morgan fingerprint density at radius 2 is 1.89 bits per heavy atom. The number of nitrogens with zero attached hydrogens (tertiary/aromatic N) is 2. The molecular weight excluding hydrogens is 243 g/mol. The lowest BCUT2D eigenvalue weighted by Gasteiger charge is -2.40. The summed E-state index contributed by atoms with van der Waals surface area (Å²) < 4.78 is 38.8. The van der Waals surface area contributed by atoms with Gasteiger partial charge in [0.15, 0.2) is 0 Å². The first-order valence-electron chi connectivity index (χ1n) is 6.61. The van der Waals surface area contributed by atoms with E-state index in [9.17, 15) is 13.2 Å². The fourth-order valence-corrected chi connectivity index (χ4v) is 2.65. The molecule has 0 saturated carbocycles. The van der Waals surface area contributed by atoms with Crippen LogP contribution in [0.1, 0.15) is 26.2 Å². The average Bonchev–Trinajstić information content (AvgIpc) is 2.34. The number of alkyl halides is 3. The Morgan fingerprint density at radius 3 is 2.28 bits per heavy atom. The van der Waals surface area contributed by atoms with E-state index in [4.69, 9.17) is 5.73 Å². The van der Waals surface area contributed by atoms with Gasteiger partial charge in [-0.05, 0) is 52.5 Å². The molecule has 0 bridgehead atoms. The van der Waals surface area contributed by atoms with Gasteiger partial charge in [-0.3, -0.25) is 4.90 Å². The molecule has 1 fully saturated rings. The molecule has 6 heteroatoms. The Hall–Kier alpha value is -0.330. The second-order valence-electron chi connectivity index (χ2n) is 4.97. The van der Waals surface area contributed by atoms with Gasteiger partial charge in [0.25, 0.3) is 0 Å². The van der Waals surface area contributed by atoms with Crippen molar-refractivity contribution in [3.05, 3.63) is 0 Å². The van der Waals surface area contributed by atoms with Gasteiger partial charge in [0, 0.05) is 6.04 Å². The minimum absolute atomic E-state index is 0.0194. The fraction of sp³-hybridized carbons (Fsp3) is 1.00. The van der Waals surface area contributed by atoms with Crippen molar-refractivity contribution < 1.29 is 13.2 Å². The van der Waals surface area contributed by atoms with Crippen LogP contribution < -0.4 is 5.73 Å². The number of hydrogen-bond donors (Lipinski definition) is 1. The maximum Gasteiger partial charge on any atom is 0.404 e. The largest absolute Gasteiger partial charge is 0.404 e. The Balaban J connectivity index is 2.58. The summed E-state index contributed by atoms with van der Waals surface area (Å²) in [6.45, 7) is 4.90. The molecule has 1 saturated heterocycles. The van der Waals surface area contributed by atoms with Crippen LogP contribution in [0.2, 0.25) is 0 Å². The second kappa shape index (κ2) is 6.73. The molecule has 1 aliphatic heterocycles. The van der Waals surface area contributed by atoms with E-state index in [2.05, 4.69) is 11.8 Å². The summed E-state index contributed by atoms with van der Waals surface area (Å²) in [6.07, 6.45) is -2.59. The quantitative estimate of drug-likeness (QED) is 0.822. The lowest BCUT2D eigenvalue weighted by molar-refractivity contribution is -0.188. The van der Waals surface area contributed by atoms with Gasteiger partial charge in [-0.1, -0.05) is 6.92 Å². The third kappa shape index (κ3) is 4.10. The summed E-state index contributed by atoms with van der Waals surface area (Å²) in [4.78, 5) is 3.76. The van der Waals surface area contributed by atoms with E-state index < -0.39 is 12.2 Å². The van der Waals surface area contributed by atoms with E-state index in [1.807, 2.05) is 0 Å². The van der Waals surface area contributed by atoms with Crippen molar-refractivity contribution in [2.45, 2.75) is 44.4 Å². The number of halogens is 3. The van der Waals surface area contributed by atoms with Crippen LogP contribution in [-0.4, -0.2) is 61.3 Å². The van der Waals surface area contributed by atoms with Gasteiger partial charge in [-0.15, -0.1) is 0 Å². The summed E-state index contributed by atoms with van der Waals surface area (Å²) in [5.74, 6) is 0. The first-order chi connectivity index (χ1) is 8.40. The molecule has 3 nitrogen and oxygen atoms in total. The van der Waals surface area contributed by atoms with Crippen LogP contribution in [0.4, 0.5) is 13.2 Å². The Bertz CT molecular complexity index is 237. The molecule has 0 aromatic heterocycles. The van der Waals surface area contributed by atoms with Gasteiger partial charge in [0.2, 0.25) is 0 Å². The van der Waals surface area contributed by atoms with Gasteiger partial charge in [-0.25, -0.2) is 0 Å². The summed E-state index contributed by atoms with van der Waals surface area (Å²) in [7, 11) is 1.58. The fourth-order valence-electron chi connectivity index (χ4n) is 2.65. The molecule has 2 N–H and O–H groups in total. The molecule has 0 aromatic rings. The topological polar surface area (TPSA) is 32.5 Å². The zero-order chi connectivity index (χ0) is 13.8. The van der Waals surface area contributed by atoms with Crippen LogP contribution >= 0.6 is 0 Å². The molecule has 1 atom stereocenters. The average molecular weight is 267 g/mol. The summed E-state index contributed by atoms with van der Waals surface area (Å²) in [6, 6.07) is -1.38. The highest BCUT2D eigenvalue weighted by molar-refractivity contribution is 4.85. The summed E-state index contributed by atoms with van der Waals surface area (Å²) in [5, 5.41) is 0. The minimum Gasteiger partial charge on any atom is -0.330 e. The molecule has 0 aliphatic carbocycles. The highest BCUT2D eigenvalue weighted by atomic mass is 19.4. The molecule has 1 rings (SSSR count). The maximum atomic E-state index is 12.9. The van der Waals surface area contributed by atoms with Crippen molar-refractivity contribution in [2.24, 2.45) is 5.73 Å². The predicted octanol–water partition coefficient (Wildman–Crippen LogP) is 1.68. The number of nitrogens with two attached hydrogens (primary N) is 1. The monoisotopic (exact) mass is 267 g/mol. The number of hydrogen-bond acceptors (Lipinski definition) is 3. The number of piperidine rings is 1. The standard InChI is InChI=1S/C12H24F3N3/c1-3-18-8-5-10(6-9-18)17(2)11(4-7-16)12(13,14)15/h10-11H,3-9,16H2,1-2H3. The van der Waals surface area contributed by atoms with E-state index in [0.717, 1.165) is 32.5 Å². The van der Waals surface area contributed by atoms with Crippen LogP contribution in [0.3, 0.4) is 0 Å². The van der Waals surface area contributed by atoms with E-state index >= 15 is 0 Å². The van der Waals surface area contributed by atoms with E-state index in [0.29, 0.717) is 0 Å². The van der Waals surface area contributed by atoms with Crippen molar-refractivity contribution in [3.8, 4) is 0 Å². The lowest BCUT2D eigenvalue weighted by Crippen LogP contribution is -2.52. The Morgan fingerprint density at radius 1 is 1.33 bits per heavy atom. The zero-order valence-corrected chi connectivity index (χ0v) is 11.2. The third-order valence-corrected chi connectivity index (χ3v) is 3.89. The Kier molecular flexibility index (Phi) is 5.88. The van der Waals surface area contributed by atoms with Crippen molar-refractivity contribution in [1.29, 1.82) is 0 Å². The molecule has 18 heavy (non-hydrogen) atoms. The minimum atomic E-state index is -4.18. The lowest BCUT2D eigenvalue weighted by atomic mass is 10.0. The smallest absolute Gasteiger partial charge is 0.330 e. The first-order valence-corrected chi connectivity index (χ1v) is 6.61. The van der Waals surface area contributed by atoms with Crippen molar-refractivity contribution in [1.82, 2.24) is 9.80 Å². The zero-order valence-electron chi connectivity index (χ0n) is 11.2. The molecule has 0 amide bonds. The maximum absolute atomic E-state index is 12.9. The number of rotatable bonds is 5. The molecule has 0 aromatic carbocycles. The SMILES string of the molecule is CCN1CCC(N(C)C(CCN)C(F)(F)F)CC1. The highest BCUT2D eigenvalue weighted by Crippen LogP contribution is 2.29. The van der Waals surface area contributed by atoms with Crippen molar-refractivity contribution in [2.75, 3.05) is 33.2 Å². The molecule has 0 spiro atoms. The highest BCUT2D eigenvalue weighted by Gasteiger charge is 2.43. The third-order valence-electron chi connectivity index (χ3n) is 3.89. The van der Waals surface area contributed by atoms with Crippen LogP contribution in [0.25, 0.3) is 0 Å². The molecule has 1 heterocycles. The van der Waals surface area contributed by atoms with Gasteiger partial charge in [0.05, 0.1) is 0 Å². The molecule has 0 radical (unpaired) electrons. The molecule has 1 unspecified atom stereocenters. The van der Waals surface area contributed by atoms with Crippen molar-refractivity contribution in [3.63, 3.8) is 0 Å². The Labute approximate surface area is 107 Å². The summed E-state index contributed by atoms with van der Waals surface area (Å²) >= 11 is 0. The second-order valence-corrected chi connectivity index (χ2v) is 4.97. The molecule has 108 valence electrons. The number of likely N-dealkylation sites (tertiary alicyclic amines) is 1. The van der Waals surface area contributed by atoms with Gasteiger partial charge in [0.1, 0.15) is 6.04 Å². The molecular formula is C12H24F3N3. The van der Waals surface area contributed by atoms with Gasteiger partial charge < -0.3 is 10.6 Å². The van der Waals surface area contributed by atoms with Crippen LogP contribution in [0, 0.1) is 0 Å². The van der Waals surface area contributed by atoms with E-state index in [1.165, 1.54) is 4.90 Å². The normalized spacial score (nSPS) is 21.5.